The number of aromatic nitrogens is 1. The standard InChI is InChI=1S/C38H31N3O6/c1-3-46-31-21-19-30(20-22-31)41-36(43)32(35(42)39-38(41)45)23-28-24-33(25-11-7-5-8-12-25)40(34(28)26-13-9-6-10-14-26)29-17-15-27(16-18-29)37(44)47-4-2/h5-24H,3-4H2,1-2H3,(H,39,42,45)/b32-23-. The number of benzene rings is 4. The van der Waals surface area contributed by atoms with E-state index in [1.54, 1.807) is 43.3 Å². The number of nitrogens with one attached hydrogen (secondary N) is 1. The molecule has 1 aliphatic heterocycles. The van der Waals surface area contributed by atoms with Crippen molar-refractivity contribution in [2.24, 2.45) is 0 Å². The Morgan fingerprint density at radius 3 is 1.98 bits per heavy atom. The van der Waals surface area contributed by atoms with Gasteiger partial charge >= 0.3 is 12.0 Å². The molecule has 234 valence electrons. The molecule has 0 spiro atoms. The number of imide groups is 2. The molecule has 9 heteroatoms. The average molecular weight is 626 g/mol. The van der Waals surface area contributed by atoms with Gasteiger partial charge in [0.15, 0.2) is 0 Å². The smallest absolute Gasteiger partial charge is 0.338 e. The van der Waals surface area contributed by atoms with Gasteiger partial charge in [0.05, 0.1) is 35.9 Å². The van der Waals surface area contributed by atoms with Gasteiger partial charge in [0.25, 0.3) is 11.8 Å². The summed E-state index contributed by atoms with van der Waals surface area (Å²) in [4.78, 5) is 53.4. The first-order valence-electron chi connectivity index (χ1n) is 15.2. The first-order chi connectivity index (χ1) is 22.9. The van der Waals surface area contributed by atoms with Crippen molar-refractivity contribution in [2.75, 3.05) is 18.1 Å². The molecule has 1 fully saturated rings. The minimum atomic E-state index is -0.839. The molecule has 4 amide bonds. The molecule has 1 aromatic heterocycles. The van der Waals surface area contributed by atoms with Gasteiger partial charge in [-0.1, -0.05) is 60.7 Å². The van der Waals surface area contributed by atoms with Crippen LogP contribution in [0, 0.1) is 0 Å². The largest absolute Gasteiger partial charge is 0.494 e. The van der Waals surface area contributed by atoms with E-state index in [-0.39, 0.29) is 12.2 Å². The molecule has 1 saturated heterocycles. The molecule has 0 atom stereocenters. The number of esters is 1. The highest BCUT2D eigenvalue weighted by Crippen LogP contribution is 2.38. The second-order valence-electron chi connectivity index (χ2n) is 10.6. The third-order valence-electron chi connectivity index (χ3n) is 7.59. The van der Waals surface area contributed by atoms with Crippen LogP contribution in [0.25, 0.3) is 34.3 Å². The summed E-state index contributed by atoms with van der Waals surface area (Å²) in [7, 11) is 0. The lowest BCUT2D eigenvalue weighted by Gasteiger charge is -2.26. The minimum absolute atomic E-state index is 0.204. The topological polar surface area (TPSA) is 107 Å². The molecular formula is C38H31N3O6. The van der Waals surface area contributed by atoms with Crippen LogP contribution in [0.5, 0.6) is 5.75 Å². The number of rotatable bonds is 9. The zero-order valence-corrected chi connectivity index (χ0v) is 25.8. The van der Waals surface area contributed by atoms with Crippen LogP contribution in [0.15, 0.2) is 121 Å². The van der Waals surface area contributed by atoms with E-state index in [1.165, 1.54) is 6.08 Å². The number of barbiturate groups is 1. The Kier molecular flexibility index (Phi) is 8.79. The van der Waals surface area contributed by atoms with Gasteiger partial charge in [0.1, 0.15) is 11.3 Å². The van der Waals surface area contributed by atoms with E-state index in [1.807, 2.05) is 90.4 Å². The highest BCUT2D eigenvalue weighted by Gasteiger charge is 2.37. The van der Waals surface area contributed by atoms with E-state index in [9.17, 15) is 19.2 Å². The zero-order chi connectivity index (χ0) is 32.9. The quantitative estimate of drug-likeness (QED) is 0.107. The zero-order valence-electron chi connectivity index (χ0n) is 25.8. The molecule has 1 N–H and O–H groups in total. The van der Waals surface area contributed by atoms with E-state index in [0.29, 0.717) is 34.9 Å². The van der Waals surface area contributed by atoms with Crippen molar-refractivity contribution in [3.63, 3.8) is 0 Å². The molecule has 1 aliphatic rings. The fraction of sp³-hybridized carbons (Fsp3) is 0.105. The maximum Gasteiger partial charge on any atom is 0.338 e. The van der Waals surface area contributed by atoms with E-state index < -0.39 is 23.8 Å². The maximum absolute atomic E-state index is 13.9. The van der Waals surface area contributed by atoms with Crippen molar-refractivity contribution in [3.05, 3.63) is 132 Å². The van der Waals surface area contributed by atoms with E-state index in [0.717, 1.165) is 27.4 Å². The third-order valence-corrected chi connectivity index (χ3v) is 7.59. The second kappa shape index (κ2) is 13.4. The summed E-state index contributed by atoms with van der Waals surface area (Å²) in [6.07, 6.45) is 1.52. The van der Waals surface area contributed by atoms with Gasteiger partial charge in [-0.25, -0.2) is 14.5 Å². The van der Waals surface area contributed by atoms with E-state index >= 15 is 0 Å². The lowest BCUT2D eigenvalue weighted by Crippen LogP contribution is -2.54. The highest BCUT2D eigenvalue weighted by atomic mass is 16.5. The van der Waals surface area contributed by atoms with Crippen LogP contribution in [0.1, 0.15) is 29.8 Å². The van der Waals surface area contributed by atoms with E-state index in [2.05, 4.69) is 5.32 Å². The lowest BCUT2D eigenvalue weighted by molar-refractivity contribution is -0.122. The molecule has 0 unspecified atom stereocenters. The van der Waals surface area contributed by atoms with Crippen molar-refractivity contribution >= 4 is 35.6 Å². The van der Waals surface area contributed by atoms with Gasteiger partial charge in [-0.3, -0.25) is 14.9 Å². The predicted octanol–water partition coefficient (Wildman–Crippen LogP) is 7.05. The highest BCUT2D eigenvalue weighted by molar-refractivity contribution is 6.39. The van der Waals surface area contributed by atoms with Gasteiger partial charge in [-0.15, -0.1) is 0 Å². The van der Waals surface area contributed by atoms with Gasteiger partial charge in [-0.05, 0) is 85.6 Å². The predicted molar refractivity (Wildman–Crippen MR) is 179 cm³/mol. The maximum atomic E-state index is 13.9. The minimum Gasteiger partial charge on any atom is -0.494 e. The van der Waals surface area contributed by atoms with Crippen LogP contribution in [-0.4, -0.2) is 41.6 Å². The molecule has 0 aliphatic carbocycles. The fourth-order valence-corrected chi connectivity index (χ4v) is 5.49. The Labute approximate surface area is 271 Å². The Morgan fingerprint density at radius 1 is 0.745 bits per heavy atom. The van der Waals surface area contributed by atoms with Crippen molar-refractivity contribution in [2.45, 2.75) is 13.8 Å². The van der Waals surface area contributed by atoms with Crippen molar-refractivity contribution < 1.29 is 28.7 Å². The third kappa shape index (κ3) is 6.19. The van der Waals surface area contributed by atoms with Crippen molar-refractivity contribution in [1.29, 1.82) is 0 Å². The van der Waals surface area contributed by atoms with Gasteiger partial charge in [0, 0.05) is 11.3 Å². The summed E-state index contributed by atoms with van der Waals surface area (Å²) in [6, 6.07) is 33.9. The number of anilines is 1. The fourth-order valence-electron chi connectivity index (χ4n) is 5.49. The first kappa shape index (κ1) is 30.8. The lowest BCUT2D eigenvalue weighted by atomic mass is 10.0. The van der Waals surface area contributed by atoms with E-state index in [4.69, 9.17) is 9.47 Å². The molecule has 5 aromatic rings. The first-order valence-corrected chi connectivity index (χ1v) is 15.2. The number of ether oxygens (including phenoxy) is 2. The SMILES string of the molecule is CCOC(=O)c1ccc(-n2c(-c3ccccc3)cc(/C=C3/C(=O)NC(=O)N(c4ccc(OCC)cc4)C3=O)c2-c2ccccc2)cc1. The molecular weight excluding hydrogens is 594 g/mol. The molecule has 9 nitrogen and oxygen atoms in total. The summed E-state index contributed by atoms with van der Waals surface area (Å²) in [5.74, 6) is -1.38. The number of nitrogens with zero attached hydrogens (tertiary/aromatic N) is 2. The number of carbonyl (C=O) groups is 4. The molecule has 4 aromatic carbocycles. The van der Waals surface area contributed by atoms with Crippen molar-refractivity contribution in [1.82, 2.24) is 9.88 Å². The Balaban J connectivity index is 1.53. The van der Waals surface area contributed by atoms with Crippen LogP contribution in [0.4, 0.5) is 10.5 Å². The molecule has 0 radical (unpaired) electrons. The summed E-state index contributed by atoms with van der Waals surface area (Å²) < 4.78 is 12.7. The molecule has 2 heterocycles. The normalized spacial score (nSPS) is 13.9. The molecule has 47 heavy (non-hydrogen) atoms. The van der Waals surface area contributed by atoms with Gasteiger partial charge in [0.2, 0.25) is 0 Å². The summed E-state index contributed by atoms with van der Waals surface area (Å²) in [5.41, 5.74) is 5.00. The van der Waals surface area contributed by atoms with Crippen LogP contribution < -0.4 is 15.0 Å². The summed E-state index contributed by atoms with van der Waals surface area (Å²) >= 11 is 0. The number of carbonyl (C=O) groups excluding carboxylic acids is 4. The molecule has 0 saturated carbocycles. The van der Waals surface area contributed by atoms with Crippen LogP contribution >= 0.6 is 0 Å². The number of hydrogen-bond acceptors (Lipinski definition) is 6. The molecule has 6 rings (SSSR count). The summed E-state index contributed by atoms with van der Waals surface area (Å²) in [5, 5.41) is 2.32. The van der Waals surface area contributed by atoms with Crippen LogP contribution in [0.2, 0.25) is 0 Å². The Hall–Kier alpha value is -6.22. The average Bonchev–Trinajstić information content (AvgIpc) is 3.47. The number of hydrogen-bond donors (Lipinski definition) is 1. The monoisotopic (exact) mass is 625 g/mol. The number of urea groups is 1. The van der Waals surface area contributed by atoms with Crippen molar-refractivity contribution in [3.8, 4) is 34.0 Å². The number of amides is 4. The Bertz CT molecular complexity index is 1980. The molecule has 0 bridgehead atoms. The summed E-state index contributed by atoms with van der Waals surface area (Å²) in [6.45, 7) is 4.34. The Morgan fingerprint density at radius 2 is 1.36 bits per heavy atom. The van der Waals surface area contributed by atoms with Gasteiger partial charge in [-0.2, -0.15) is 0 Å². The second-order valence-corrected chi connectivity index (χ2v) is 10.6. The van der Waals surface area contributed by atoms with Crippen LogP contribution in [-0.2, 0) is 14.3 Å². The van der Waals surface area contributed by atoms with Gasteiger partial charge < -0.3 is 14.0 Å². The van der Waals surface area contributed by atoms with Crippen LogP contribution in [0.3, 0.4) is 0 Å².